The second kappa shape index (κ2) is 11.3. The number of halogens is 1. The minimum Gasteiger partial charge on any atom is -0.497 e. The maximum atomic E-state index is 5.28. The maximum Gasteiger partial charge on any atom is 0.193 e. The zero-order valence-corrected chi connectivity index (χ0v) is 20.5. The monoisotopic (exact) mass is 534 g/mol. The molecule has 0 amide bonds. The van der Waals surface area contributed by atoms with E-state index in [1.54, 1.807) is 7.11 Å². The van der Waals surface area contributed by atoms with E-state index in [4.69, 9.17) is 9.73 Å². The van der Waals surface area contributed by atoms with Gasteiger partial charge < -0.3 is 15.0 Å². The molecule has 31 heavy (non-hydrogen) atoms. The van der Waals surface area contributed by atoms with Crippen molar-refractivity contribution < 1.29 is 4.74 Å². The molecule has 2 aromatic heterocycles. The lowest BCUT2D eigenvalue weighted by Crippen LogP contribution is -2.40. The molecule has 1 atom stereocenters. The van der Waals surface area contributed by atoms with E-state index in [1.165, 1.54) is 5.56 Å². The number of pyridine rings is 1. The van der Waals surface area contributed by atoms with Crippen LogP contribution in [-0.2, 0) is 6.42 Å². The highest BCUT2D eigenvalue weighted by Gasteiger charge is 2.26. The number of ether oxygens (including phenoxy) is 1. The van der Waals surface area contributed by atoms with Crippen molar-refractivity contribution in [1.29, 1.82) is 0 Å². The van der Waals surface area contributed by atoms with E-state index in [2.05, 4.69) is 43.9 Å². The normalized spacial score (nSPS) is 16.4. The molecule has 1 aromatic carbocycles. The third-order valence-corrected chi connectivity index (χ3v) is 5.61. The van der Waals surface area contributed by atoms with Gasteiger partial charge in [0.1, 0.15) is 11.6 Å². The van der Waals surface area contributed by atoms with E-state index >= 15 is 0 Å². The molecule has 0 spiro atoms. The van der Waals surface area contributed by atoms with Crippen LogP contribution in [0, 0.1) is 0 Å². The van der Waals surface area contributed by atoms with Crippen molar-refractivity contribution in [2.75, 3.05) is 33.3 Å². The molecule has 166 valence electrons. The molecule has 1 N–H and O–H groups in total. The Morgan fingerprint density at radius 1 is 1.19 bits per heavy atom. The number of aryl methyl sites for hydroxylation is 1. The summed E-state index contributed by atoms with van der Waals surface area (Å²) in [6.07, 6.45) is 4.97. The van der Waals surface area contributed by atoms with Crippen LogP contribution in [0.4, 0.5) is 0 Å². The second-order valence-corrected chi connectivity index (χ2v) is 7.59. The number of aromatic nitrogens is 3. The fraction of sp³-hybridized carbons (Fsp3) is 0.435. The van der Waals surface area contributed by atoms with Crippen molar-refractivity contribution in [3.63, 3.8) is 0 Å². The van der Waals surface area contributed by atoms with Crippen LogP contribution in [0.5, 0.6) is 5.75 Å². The Balaban J connectivity index is 0.00000272. The fourth-order valence-electron chi connectivity index (χ4n) is 4.01. The lowest BCUT2D eigenvalue weighted by atomic mass is 9.98. The molecule has 7 nitrogen and oxygen atoms in total. The molecular formula is C23H31IN6O. The molecule has 0 saturated carbocycles. The van der Waals surface area contributed by atoms with Crippen LogP contribution in [0.1, 0.15) is 37.1 Å². The highest BCUT2D eigenvalue weighted by atomic mass is 127. The predicted molar refractivity (Wildman–Crippen MR) is 135 cm³/mol. The lowest BCUT2D eigenvalue weighted by molar-refractivity contribution is 0.414. The summed E-state index contributed by atoms with van der Waals surface area (Å²) in [5.41, 5.74) is 2.26. The number of guanidine groups is 1. The van der Waals surface area contributed by atoms with Gasteiger partial charge in [0.05, 0.1) is 7.11 Å². The van der Waals surface area contributed by atoms with Gasteiger partial charge in [-0.05, 0) is 49.6 Å². The predicted octanol–water partition coefficient (Wildman–Crippen LogP) is 3.74. The van der Waals surface area contributed by atoms with Crippen molar-refractivity contribution in [3.8, 4) is 5.75 Å². The van der Waals surface area contributed by atoms with Gasteiger partial charge in [-0.1, -0.05) is 18.2 Å². The minimum absolute atomic E-state index is 0. The molecule has 1 saturated heterocycles. The number of nitrogens with one attached hydrogen (secondary N) is 1. The van der Waals surface area contributed by atoms with Gasteiger partial charge >= 0.3 is 0 Å². The van der Waals surface area contributed by atoms with E-state index in [0.717, 1.165) is 68.6 Å². The number of likely N-dealkylation sites (tertiary alicyclic amines) is 1. The maximum absolute atomic E-state index is 5.28. The molecule has 3 heterocycles. The highest BCUT2D eigenvalue weighted by Crippen LogP contribution is 2.28. The molecule has 1 aliphatic heterocycles. The lowest BCUT2D eigenvalue weighted by Gasteiger charge is -2.22. The standard InChI is InChI=1S/C23H30N6O.HI/c1-3-24-23(25-14-6-8-22-27-26-21-7-4-5-15-29(21)22)28-16-13-19(17-28)18-9-11-20(30-2)12-10-18;/h4-5,7,9-12,15,19H,3,6,8,13-14,16-17H2,1-2H3,(H,24,25);1H. The van der Waals surface area contributed by atoms with Crippen molar-refractivity contribution in [2.24, 2.45) is 4.99 Å². The number of aliphatic imine (C=N–C) groups is 1. The first-order valence-corrected chi connectivity index (χ1v) is 10.7. The van der Waals surface area contributed by atoms with Gasteiger partial charge in [0.15, 0.2) is 11.6 Å². The number of hydrogen-bond acceptors (Lipinski definition) is 4. The molecule has 1 fully saturated rings. The summed E-state index contributed by atoms with van der Waals surface area (Å²) in [4.78, 5) is 7.26. The third-order valence-electron chi connectivity index (χ3n) is 5.61. The molecule has 3 aromatic rings. The Labute approximate surface area is 200 Å². The largest absolute Gasteiger partial charge is 0.497 e. The zero-order chi connectivity index (χ0) is 20.8. The summed E-state index contributed by atoms with van der Waals surface area (Å²) < 4.78 is 7.33. The van der Waals surface area contributed by atoms with Gasteiger partial charge in [0, 0.05) is 44.7 Å². The van der Waals surface area contributed by atoms with E-state index < -0.39 is 0 Å². The number of nitrogens with zero attached hydrogens (tertiary/aromatic N) is 5. The number of hydrogen-bond donors (Lipinski definition) is 1. The number of rotatable bonds is 7. The Morgan fingerprint density at radius 3 is 2.81 bits per heavy atom. The average Bonchev–Trinajstić information content (AvgIpc) is 3.44. The Bertz CT molecular complexity index is 987. The van der Waals surface area contributed by atoms with E-state index in [9.17, 15) is 0 Å². The topological polar surface area (TPSA) is 67.0 Å². The summed E-state index contributed by atoms with van der Waals surface area (Å²) in [7, 11) is 1.71. The van der Waals surface area contributed by atoms with Crippen molar-refractivity contribution in [3.05, 3.63) is 60.0 Å². The van der Waals surface area contributed by atoms with Crippen molar-refractivity contribution in [1.82, 2.24) is 24.8 Å². The summed E-state index contributed by atoms with van der Waals surface area (Å²) >= 11 is 0. The molecular weight excluding hydrogens is 503 g/mol. The first-order valence-electron chi connectivity index (χ1n) is 10.7. The van der Waals surface area contributed by atoms with Crippen molar-refractivity contribution >= 4 is 35.6 Å². The molecule has 0 radical (unpaired) electrons. The van der Waals surface area contributed by atoms with Gasteiger partial charge in [-0.3, -0.25) is 9.39 Å². The smallest absolute Gasteiger partial charge is 0.193 e. The quantitative estimate of drug-likeness (QED) is 0.217. The molecule has 0 aliphatic carbocycles. The third kappa shape index (κ3) is 5.66. The Hall–Kier alpha value is -2.36. The average molecular weight is 534 g/mol. The first-order chi connectivity index (χ1) is 14.8. The molecule has 8 heteroatoms. The number of benzene rings is 1. The van der Waals surface area contributed by atoms with E-state index in [-0.39, 0.29) is 24.0 Å². The van der Waals surface area contributed by atoms with Crippen LogP contribution in [0.15, 0.2) is 53.7 Å². The summed E-state index contributed by atoms with van der Waals surface area (Å²) in [5, 5.41) is 12.0. The van der Waals surface area contributed by atoms with Crippen LogP contribution in [0.3, 0.4) is 0 Å². The van der Waals surface area contributed by atoms with Crippen LogP contribution < -0.4 is 10.1 Å². The summed E-state index contributed by atoms with van der Waals surface area (Å²) in [6, 6.07) is 14.4. The molecule has 4 rings (SSSR count). The van der Waals surface area contributed by atoms with Gasteiger partial charge in [0.25, 0.3) is 0 Å². The Morgan fingerprint density at radius 2 is 2.03 bits per heavy atom. The number of methoxy groups -OCH3 is 1. The summed E-state index contributed by atoms with van der Waals surface area (Å²) in [6.45, 7) is 5.78. The van der Waals surface area contributed by atoms with Crippen LogP contribution in [0.2, 0.25) is 0 Å². The number of fused-ring (bicyclic) bond motifs is 1. The minimum atomic E-state index is 0. The second-order valence-electron chi connectivity index (χ2n) is 7.59. The molecule has 1 unspecified atom stereocenters. The van der Waals surface area contributed by atoms with E-state index in [0.29, 0.717) is 5.92 Å². The van der Waals surface area contributed by atoms with Gasteiger partial charge in [-0.2, -0.15) is 0 Å². The van der Waals surface area contributed by atoms with Crippen LogP contribution in [-0.4, -0.2) is 58.7 Å². The van der Waals surface area contributed by atoms with Crippen LogP contribution >= 0.6 is 24.0 Å². The Kier molecular flexibility index (Phi) is 8.51. The van der Waals surface area contributed by atoms with Gasteiger partial charge in [-0.25, -0.2) is 0 Å². The zero-order valence-electron chi connectivity index (χ0n) is 18.2. The van der Waals surface area contributed by atoms with Gasteiger partial charge in [-0.15, -0.1) is 34.2 Å². The van der Waals surface area contributed by atoms with Crippen molar-refractivity contribution in [2.45, 2.75) is 32.1 Å². The first kappa shape index (κ1) is 23.3. The van der Waals surface area contributed by atoms with Crippen LogP contribution in [0.25, 0.3) is 5.65 Å². The molecule has 1 aliphatic rings. The molecule has 0 bridgehead atoms. The summed E-state index contributed by atoms with van der Waals surface area (Å²) in [5.74, 6) is 3.44. The SMILES string of the molecule is CCNC(=NCCCc1nnc2ccccn12)N1CCC(c2ccc(OC)cc2)C1.I. The fourth-order valence-corrected chi connectivity index (χ4v) is 4.01. The highest BCUT2D eigenvalue weighted by molar-refractivity contribution is 14.0. The van der Waals surface area contributed by atoms with Gasteiger partial charge in [0.2, 0.25) is 0 Å². The van der Waals surface area contributed by atoms with E-state index in [1.807, 2.05) is 36.5 Å².